The Morgan fingerprint density at radius 3 is 2.72 bits per heavy atom. The van der Waals surface area contributed by atoms with Gasteiger partial charge in [0.1, 0.15) is 0 Å². The standard InChI is InChI=1S/C14H21N3O/c1-10(14(18)16-2)17(12-7-8-12)9-11-5-3-4-6-13(11)15/h3-6,10,12H,7-9,15H2,1-2H3,(H,16,18). The van der Waals surface area contributed by atoms with Crippen molar-refractivity contribution in [2.24, 2.45) is 0 Å². The van der Waals surface area contributed by atoms with Crippen LogP contribution in [-0.2, 0) is 11.3 Å². The number of nitrogen functional groups attached to an aromatic ring is 1. The highest BCUT2D eigenvalue weighted by atomic mass is 16.2. The first-order valence-electron chi connectivity index (χ1n) is 6.44. The van der Waals surface area contributed by atoms with Crippen LogP contribution in [0.15, 0.2) is 24.3 Å². The molecule has 4 nitrogen and oxygen atoms in total. The molecule has 1 saturated carbocycles. The lowest BCUT2D eigenvalue weighted by atomic mass is 10.1. The molecule has 1 amide bonds. The SMILES string of the molecule is CNC(=O)C(C)N(Cc1ccccc1N)C1CC1. The smallest absolute Gasteiger partial charge is 0.236 e. The van der Waals surface area contributed by atoms with Gasteiger partial charge in [-0.2, -0.15) is 0 Å². The van der Waals surface area contributed by atoms with Crippen molar-refractivity contribution in [1.29, 1.82) is 0 Å². The van der Waals surface area contributed by atoms with Gasteiger partial charge in [0.15, 0.2) is 0 Å². The second kappa shape index (κ2) is 5.40. The Balaban J connectivity index is 2.12. The summed E-state index contributed by atoms with van der Waals surface area (Å²) in [4.78, 5) is 14.0. The van der Waals surface area contributed by atoms with Crippen molar-refractivity contribution >= 4 is 11.6 Å². The number of benzene rings is 1. The number of anilines is 1. The number of nitrogens with one attached hydrogen (secondary N) is 1. The lowest BCUT2D eigenvalue weighted by Gasteiger charge is -2.28. The molecule has 1 aliphatic rings. The van der Waals surface area contributed by atoms with Gasteiger partial charge in [-0.05, 0) is 31.4 Å². The fourth-order valence-electron chi connectivity index (χ4n) is 2.22. The average Bonchev–Trinajstić information content (AvgIpc) is 3.20. The van der Waals surface area contributed by atoms with Crippen LogP contribution in [0.4, 0.5) is 5.69 Å². The van der Waals surface area contributed by atoms with Crippen molar-refractivity contribution in [2.45, 2.75) is 38.4 Å². The molecule has 1 aromatic rings. The summed E-state index contributed by atoms with van der Waals surface area (Å²) in [6.45, 7) is 2.70. The summed E-state index contributed by atoms with van der Waals surface area (Å²) in [5.74, 6) is 0.0661. The molecule has 1 fully saturated rings. The van der Waals surface area contributed by atoms with Crippen molar-refractivity contribution in [3.63, 3.8) is 0 Å². The van der Waals surface area contributed by atoms with Crippen LogP contribution in [0, 0.1) is 0 Å². The first kappa shape index (κ1) is 12.9. The second-order valence-corrected chi connectivity index (χ2v) is 4.89. The second-order valence-electron chi connectivity index (χ2n) is 4.89. The first-order chi connectivity index (χ1) is 8.63. The Labute approximate surface area is 108 Å². The van der Waals surface area contributed by atoms with E-state index in [-0.39, 0.29) is 11.9 Å². The molecule has 18 heavy (non-hydrogen) atoms. The molecule has 0 heterocycles. The highest BCUT2D eigenvalue weighted by molar-refractivity contribution is 5.81. The number of rotatable bonds is 5. The summed E-state index contributed by atoms with van der Waals surface area (Å²) in [5, 5.41) is 2.72. The molecule has 0 saturated heterocycles. The molecule has 4 heteroatoms. The van der Waals surface area contributed by atoms with Crippen LogP contribution in [-0.4, -0.2) is 29.9 Å². The third-order valence-electron chi connectivity index (χ3n) is 3.55. The Hall–Kier alpha value is -1.55. The van der Waals surface area contributed by atoms with E-state index in [0.29, 0.717) is 6.04 Å². The zero-order valence-electron chi connectivity index (χ0n) is 11.0. The molecule has 0 aromatic heterocycles. The molecule has 3 N–H and O–H groups in total. The topological polar surface area (TPSA) is 58.4 Å². The normalized spacial score (nSPS) is 16.6. The lowest BCUT2D eigenvalue weighted by molar-refractivity contribution is -0.125. The van der Waals surface area contributed by atoms with Gasteiger partial charge in [0.25, 0.3) is 0 Å². The first-order valence-corrected chi connectivity index (χ1v) is 6.44. The zero-order chi connectivity index (χ0) is 13.1. The number of hydrogen-bond donors (Lipinski definition) is 2. The van der Waals surface area contributed by atoms with Crippen molar-refractivity contribution < 1.29 is 4.79 Å². The molecular formula is C14H21N3O. The molecule has 0 bridgehead atoms. The van der Waals surface area contributed by atoms with Crippen LogP contribution < -0.4 is 11.1 Å². The number of nitrogens with two attached hydrogens (primary N) is 1. The molecule has 0 spiro atoms. The average molecular weight is 247 g/mol. The van der Waals surface area contributed by atoms with E-state index in [1.807, 2.05) is 31.2 Å². The van der Waals surface area contributed by atoms with E-state index in [1.165, 1.54) is 12.8 Å². The quantitative estimate of drug-likeness (QED) is 0.773. The molecular weight excluding hydrogens is 226 g/mol. The van der Waals surface area contributed by atoms with Crippen molar-refractivity contribution in [1.82, 2.24) is 10.2 Å². The van der Waals surface area contributed by atoms with Gasteiger partial charge < -0.3 is 11.1 Å². The van der Waals surface area contributed by atoms with E-state index in [9.17, 15) is 4.79 Å². The van der Waals surface area contributed by atoms with E-state index in [4.69, 9.17) is 5.73 Å². The van der Waals surface area contributed by atoms with Gasteiger partial charge in [0, 0.05) is 25.3 Å². The Morgan fingerprint density at radius 2 is 2.17 bits per heavy atom. The van der Waals surface area contributed by atoms with E-state index in [0.717, 1.165) is 17.8 Å². The predicted octanol–water partition coefficient (Wildman–Crippen LogP) is 1.37. The summed E-state index contributed by atoms with van der Waals surface area (Å²) in [6, 6.07) is 8.27. The molecule has 1 atom stereocenters. The number of likely N-dealkylation sites (N-methyl/N-ethyl adjacent to an activating group) is 1. The van der Waals surface area contributed by atoms with Crippen LogP contribution >= 0.6 is 0 Å². The third kappa shape index (κ3) is 2.82. The minimum Gasteiger partial charge on any atom is -0.398 e. The maximum Gasteiger partial charge on any atom is 0.236 e. The van der Waals surface area contributed by atoms with Crippen molar-refractivity contribution in [3.05, 3.63) is 29.8 Å². The van der Waals surface area contributed by atoms with Gasteiger partial charge in [-0.25, -0.2) is 0 Å². The van der Waals surface area contributed by atoms with Gasteiger partial charge in [0.05, 0.1) is 6.04 Å². The van der Waals surface area contributed by atoms with Gasteiger partial charge >= 0.3 is 0 Å². The highest BCUT2D eigenvalue weighted by Crippen LogP contribution is 2.31. The Morgan fingerprint density at radius 1 is 1.50 bits per heavy atom. The number of nitrogens with zero attached hydrogens (tertiary/aromatic N) is 1. The van der Waals surface area contributed by atoms with E-state index in [2.05, 4.69) is 10.2 Å². The fourth-order valence-corrected chi connectivity index (χ4v) is 2.22. The number of amides is 1. The van der Waals surface area contributed by atoms with Gasteiger partial charge in [0.2, 0.25) is 5.91 Å². The fraction of sp³-hybridized carbons (Fsp3) is 0.500. The van der Waals surface area contributed by atoms with Gasteiger partial charge in [-0.1, -0.05) is 18.2 Å². The number of carbonyl (C=O) groups excluding carboxylic acids is 1. The van der Waals surface area contributed by atoms with Crippen LogP contribution in [0.3, 0.4) is 0 Å². The number of hydrogen-bond acceptors (Lipinski definition) is 3. The molecule has 1 aliphatic carbocycles. The largest absolute Gasteiger partial charge is 0.398 e. The summed E-state index contributed by atoms with van der Waals surface area (Å²) in [6.07, 6.45) is 2.35. The minimum absolute atomic E-state index is 0.0661. The minimum atomic E-state index is -0.109. The number of carbonyl (C=O) groups is 1. The maximum atomic E-state index is 11.8. The lowest BCUT2D eigenvalue weighted by Crippen LogP contribution is -2.44. The van der Waals surface area contributed by atoms with Crippen LogP contribution in [0.25, 0.3) is 0 Å². The van der Waals surface area contributed by atoms with Gasteiger partial charge in [-0.15, -0.1) is 0 Å². The third-order valence-corrected chi connectivity index (χ3v) is 3.55. The highest BCUT2D eigenvalue weighted by Gasteiger charge is 2.34. The van der Waals surface area contributed by atoms with Crippen LogP contribution in [0.2, 0.25) is 0 Å². The Kier molecular flexibility index (Phi) is 3.87. The predicted molar refractivity (Wildman–Crippen MR) is 72.9 cm³/mol. The van der Waals surface area contributed by atoms with Crippen molar-refractivity contribution in [2.75, 3.05) is 12.8 Å². The zero-order valence-corrected chi connectivity index (χ0v) is 11.0. The molecule has 0 radical (unpaired) electrons. The van der Waals surface area contributed by atoms with Crippen molar-refractivity contribution in [3.8, 4) is 0 Å². The molecule has 1 unspecified atom stereocenters. The number of para-hydroxylation sites is 1. The monoisotopic (exact) mass is 247 g/mol. The van der Waals surface area contributed by atoms with Gasteiger partial charge in [-0.3, -0.25) is 9.69 Å². The van der Waals surface area contributed by atoms with Crippen LogP contribution in [0.1, 0.15) is 25.3 Å². The van der Waals surface area contributed by atoms with E-state index >= 15 is 0 Å². The summed E-state index contributed by atoms with van der Waals surface area (Å²) < 4.78 is 0. The summed E-state index contributed by atoms with van der Waals surface area (Å²) >= 11 is 0. The summed E-state index contributed by atoms with van der Waals surface area (Å²) in [7, 11) is 1.68. The van der Waals surface area contributed by atoms with Crippen LogP contribution in [0.5, 0.6) is 0 Å². The van der Waals surface area contributed by atoms with E-state index in [1.54, 1.807) is 7.05 Å². The molecule has 1 aromatic carbocycles. The molecule has 98 valence electrons. The summed E-state index contributed by atoms with van der Waals surface area (Å²) in [5.41, 5.74) is 7.87. The Bertz CT molecular complexity index is 429. The molecule has 0 aliphatic heterocycles. The maximum absolute atomic E-state index is 11.8. The molecule has 2 rings (SSSR count). The van der Waals surface area contributed by atoms with E-state index < -0.39 is 0 Å².